The first-order valence-corrected chi connectivity index (χ1v) is 7.87. The van der Waals surface area contributed by atoms with Gasteiger partial charge in [-0.05, 0) is 55.7 Å². The highest BCUT2D eigenvalue weighted by molar-refractivity contribution is 7.98. The lowest BCUT2D eigenvalue weighted by molar-refractivity contribution is -0.115. The fraction of sp³-hybridized carbons (Fsp3) is 0.500. The first-order chi connectivity index (χ1) is 9.22. The predicted molar refractivity (Wildman–Crippen MR) is 80.1 cm³/mol. The van der Waals surface area contributed by atoms with Crippen molar-refractivity contribution in [3.63, 3.8) is 0 Å². The average molecular weight is 284 g/mol. The van der Waals surface area contributed by atoms with Gasteiger partial charge in [0.1, 0.15) is 5.82 Å². The van der Waals surface area contributed by atoms with Crippen LogP contribution in [0.15, 0.2) is 24.3 Å². The molecule has 0 saturated heterocycles. The number of rotatable bonds is 9. The van der Waals surface area contributed by atoms with Crippen molar-refractivity contribution < 1.29 is 9.18 Å². The number of benzene rings is 1. The van der Waals surface area contributed by atoms with Crippen molar-refractivity contribution in [1.29, 1.82) is 0 Å². The summed E-state index contributed by atoms with van der Waals surface area (Å²) in [6.45, 7) is 1.14. The van der Waals surface area contributed by atoms with E-state index in [2.05, 4.69) is 16.9 Å². The largest absolute Gasteiger partial charge is 0.325 e. The van der Waals surface area contributed by atoms with Gasteiger partial charge in [0, 0.05) is 5.69 Å². The summed E-state index contributed by atoms with van der Waals surface area (Å²) in [7, 11) is 0. The van der Waals surface area contributed by atoms with Gasteiger partial charge in [-0.1, -0.05) is 6.42 Å². The van der Waals surface area contributed by atoms with Crippen molar-refractivity contribution in [3.8, 4) is 0 Å². The molecule has 5 heteroatoms. The van der Waals surface area contributed by atoms with E-state index in [1.54, 1.807) is 12.1 Å². The Morgan fingerprint density at radius 3 is 2.63 bits per heavy atom. The Labute approximate surface area is 118 Å². The van der Waals surface area contributed by atoms with Crippen LogP contribution in [0.3, 0.4) is 0 Å². The Morgan fingerprint density at radius 1 is 1.21 bits per heavy atom. The van der Waals surface area contributed by atoms with Crippen LogP contribution in [0.5, 0.6) is 0 Å². The molecule has 3 nitrogen and oxygen atoms in total. The van der Waals surface area contributed by atoms with Gasteiger partial charge in [-0.15, -0.1) is 0 Å². The molecule has 0 aromatic heterocycles. The molecule has 0 atom stereocenters. The summed E-state index contributed by atoms with van der Waals surface area (Å²) >= 11 is 1.86. The van der Waals surface area contributed by atoms with E-state index in [9.17, 15) is 9.18 Å². The van der Waals surface area contributed by atoms with Gasteiger partial charge in [-0.2, -0.15) is 11.8 Å². The van der Waals surface area contributed by atoms with Crippen molar-refractivity contribution in [2.75, 3.05) is 30.4 Å². The van der Waals surface area contributed by atoms with Crippen LogP contribution in [0.4, 0.5) is 10.1 Å². The zero-order valence-electron chi connectivity index (χ0n) is 11.2. The highest BCUT2D eigenvalue weighted by atomic mass is 32.2. The second-order valence-corrected chi connectivity index (χ2v) is 5.27. The minimum absolute atomic E-state index is 0.101. The number of nitrogens with one attached hydrogen (secondary N) is 2. The number of anilines is 1. The Balaban J connectivity index is 2.06. The van der Waals surface area contributed by atoms with Gasteiger partial charge in [0.25, 0.3) is 0 Å². The van der Waals surface area contributed by atoms with Crippen LogP contribution >= 0.6 is 11.8 Å². The number of carbonyl (C=O) groups is 1. The molecule has 0 fully saturated rings. The summed E-state index contributed by atoms with van der Waals surface area (Å²) in [6.07, 6.45) is 5.61. The fourth-order valence-electron chi connectivity index (χ4n) is 1.61. The SMILES string of the molecule is CSCCCCCNCC(=O)Nc1ccc(F)cc1. The fourth-order valence-corrected chi connectivity index (χ4v) is 2.11. The molecule has 0 aliphatic heterocycles. The molecule has 0 saturated carbocycles. The van der Waals surface area contributed by atoms with E-state index in [-0.39, 0.29) is 11.7 Å². The predicted octanol–water partition coefficient (Wildman–Crippen LogP) is 2.89. The quantitative estimate of drug-likeness (QED) is 0.685. The topological polar surface area (TPSA) is 41.1 Å². The maximum absolute atomic E-state index is 12.7. The molecular formula is C14H21FN2OS. The van der Waals surface area contributed by atoms with Crippen molar-refractivity contribution in [2.45, 2.75) is 19.3 Å². The summed E-state index contributed by atoms with van der Waals surface area (Å²) in [5.41, 5.74) is 0.619. The van der Waals surface area contributed by atoms with Crippen LogP contribution in [0.1, 0.15) is 19.3 Å². The maximum Gasteiger partial charge on any atom is 0.238 e. The van der Waals surface area contributed by atoms with Crippen LogP contribution in [-0.4, -0.2) is 31.0 Å². The molecule has 0 aliphatic carbocycles. The molecule has 2 N–H and O–H groups in total. The third-order valence-corrected chi connectivity index (χ3v) is 3.31. The number of halogens is 1. The molecule has 1 rings (SSSR count). The first kappa shape index (κ1) is 16.0. The minimum Gasteiger partial charge on any atom is -0.325 e. The van der Waals surface area contributed by atoms with E-state index in [4.69, 9.17) is 0 Å². The molecule has 106 valence electrons. The molecule has 0 unspecified atom stereocenters. The van der Waals surface area contributed by atoms with Crippen LogP contribution in [-0.2, 0) is 4.79 Å². The Kier molecular flexibility index (Phi) is 8.25. The van der Waals surface area contributed by atoms with Gasteiger partial charge < -0.3 is 10.6 Å². The summed E-state index contributed by atoms with van der Waals surface area (Å²) in [5, 5.41) is 5.81. The van der Waals surface area contributed by atoms with Crippen molar-refractivity contribution in [3.05, 3.63) is 30.1 Å². The lowest BCUT2D eigenvalue weighted by atomic mass is 10.2. The highest BCUT2D eigenvalue weighted by Crippen LogP contribution is 2.07. The van der Waals surface area contributed by atoms with Crippen LogP contribution in [0.2, 0.25) is 0 Å². The molecule has 1 amide bonds. The molecule has 1 aromatic rings. The Morgan fingerprint density at radius 2 is 1.95 bits per heavy atom. The van der Waals surface area contributed by atoms with Crippen molar-refractivity contribution in [1.82, 2.24) is 5.32 Å². The summed E-state index contributed by atoms with van der Waals surface area (Å²) < 4.78 is 12.7. The zero-order chi connectivity index (χ0) is 13.9. The minimum atomic E-state index is -0.304. The van der Waals surface area contributed by atoms with E-state index in [1.807, 2.05) is 11.8 Å². The Hall–Kier alpha value is -1.07. The third kappa shape index (κ3) is 7.85. The van der Waals surface area contributed by atoms with Crippen molar-refractivity contribution in [2.24, 2.45) is 0 Å². The molecule has 0 spiro atoms. The smallest absolute Gasteiger partial charge is 0.238 e. The Bertz CT molecular complexity index is 370. The number of unbranched alkanes of at least 4 members (excludes halogenated alkanes) is 2. The van der Waals surface area contributed by atoms with Gasteiger partial charge in [0.05, 0.1) is 6.54 Å². The third-order valence-electron chi connectivity index (χ3n) is 2.62. The zero-order valence-corrected chi connectivity index (χ0v) is 12.1. The van der Waals surface area contributed by atoms with Crippen LogP contribution in [0, 0.1) is 5.82 Å². The van der Waals surface area contributed by atoms with Crippen LogP contribution < -0.4 is 10.6 Å². The molecule has 0 bridgehead atoms. The van der Waals surface area contributed by atoms with Gasteiger partial charge in [-0.3, -0.25) is 4.79 Å². The van der Waals surface area contributed by atoms with Gasteiger partial charge in [0.15, 0.2) is 0 Å². The summed E-state index contributed by atoms with van der Waals surface area (Å²) in [4.78, 5) is 11.6. The number of thioether (sulfide) groups is 1. The monoisotopic (exact) mass is 284 g/mol. The maximum atomic E-state index is 12.7. The summed E-state index contributed by atoms with van der Waals surface area (Å²) in [5.74, 6) is 0.794. The van der Waals surface area contributed by atoms with E-state index < -0.39 is 0 Å². The first-order valence-electron chi connectivity index (χ1n) is 6.47. The normalized spacial score (nSPS) is 10.4. The standard InChI is InChI=1S/C14H21FN2OS/c1-19-10-4-2-3-9-16-11-14(18)17-13-7-5-12(15)6-8-13/h5-8,16H,2-4,9-11H2,1H3,(H,17,18). The second-order valence-electron chi connectivity index (χ2n) is 4.29. The lowest BCUT2D eigenvalue weighted by Gasteiger charge is -2.06. The number of hydrogen-bond donors (Lipinski definition) is 2. The molecular weight excluding hydrogens is 263 g/mol. The van der Waals surface area contributed by atoms with E-state index >= 15 is 0 Å². The van der Waals surface area contributed by atoms with E-state index in [1.165, 1.54) is 30.7 Å². The molecule has 1 aromatic carbocycles. The van der Waals surface area contributed by atoms with Crippen LogP contribution in [0.25, 0.3) is 0 Å². The van der Waals surface area contributed by atoms with Gasteiger partial charge in [0.2, 0.25) is 5.91 Å². The second kappa shape index (κ2) is 9.81. The number of carbonyl (C=O) groups excluding carboxylic acids is 1. The van der Waals surface area contributed by atoms with E-state index in [0.717, 1.165) is 13.0 Å². The number of amides is 1. The highest BCUT2D eigenvalue weighted by Gasteiger charge is 2.01. The van der Waals surface area contributed by atoms with Crippen molar-refractivity contribution >= 4 is 23.4 Å². The summed E-state index contributed by atoms with van der Waals surface area (Å²) in [6, 6.07) is 5.76. The van der Waals surface area contributed by atoms with Gasteiger partial charge in [-0.25, -0.2) is 4.39 Å². The van der Waals surface area contributed by atoms with E-state index in [0.29, 0.717) is 12.2 Å². The van der Waals surface area contributed by atoms with Gasteiger partial charge >= 0.3 is 0 Å². The molecule has 0 aliphatic rings. The number of hydrogen-bond acceptors (Lipinski definition) is 3. The molecule has 19 heavy (non-hydrogen) atoms. The molecule has 0 heterocycles. The molecule has 0 radical (unpaired) electrons. The average Bonchev–Trinajstić information content (AvgIpc) is 2.40. The lowest BCUT2D eigenvalue weighted by Crippen LogP contribution is -2.28.